The van der Waals surface area contributed by atoms with E-state index in [1.807, 2.05) is 24.3 Å². The van der Waals surface area contributed by atoms with E-state index in [1.165, 1.54) is 0 Å². The van der Waals surface area contributed by atoms with Gasteiger partial charge in [0.05, 0.1) is 23.7 Å². The second-order valence-electron chi connectivity index (χ2n) is 6.14. The van der Waals surface area contributed by atoms with Crippen LogP contribution in [0.5, 0.6) is 5.75 Å². The fourth-order valence-corrected chi connectivity index (χ4v) is 3.33. The Hall–Kier alpha value is -2.24. The summed E-state index contributed by atoms with van der Waals surface area (Å²) in [6, 6.07) is 12.4. The van der Waals surface area contributed by atoms with Crippen LogP contribution in [-0.2, 0) is 16.1 Å². The lowest BCUT2D eigenvalue weighted by Crippen LogP contribution is -2.28. The average molecular weight is 393 g/mol. The highest BCUT2D eigenvalue weighted by Gasteiger charge is 2.34. The molecule has 1 N–H and O–H groups in total. The molecule has 1 fully saturated rings. The van der Waals surface area contributed by atoms with Crippen molar-refractivity contribution in [3.63, 3.8) is 0 Å². The van der Waals surface area contributed by atoms with E-state index in [9.17, 15) is 9.59 Å². The zero-order valence-corrected chi connectivity index (χ0v) is 15.7. The summed E-state index contributed by atoms with van der Waals surface area (Å²) in [7, 11) is 1.61. The number of nitrogens with one attached hydrogen (secondary N) is 1. The minimum Gasteiger partial charge on any atom is -0.497 e. The van der Waals surface area contributed by atoms with Gasteiger partial charge in [0.1, 0.15) is 5.75 Å². The number of likely N-dealkylation sites (tertiary alicyclic amines) is 1. The first-order chi connectivity index (χ1) is 12.5. The fraction of sp³-hybridized carbons (Fsp3) is 0.263. The summed E-state index contributed by atoms with van der Waals surface area (Å²) >= 11 is 11.9. The molecule has 1 saturated heterocycles. The molecule has 1 heterocycles. The Balaban J connectivity index is 1.61. The van der Waals surface area contributed by atoms with E-state index in [0.717, 1.165) is 11.3 Å². The Morgan fingerprint density at radius 3 is 2.62 bits per heavy atom. The smallest absolute Gasteiger partial charge is 0.229 e. The van der Waals surface area contributed by atoms with E-state index in [-0.39, 0.29) is 18.2 Å². The highest BCUT2D eigenvalue weighted by molar-refractivity contribution is 6.36. The van der Waals surface area contributed by atoms with Gasteiger partial charge < -0.3 is 15.0 Å². The Morgan fingerprint density at radius 1 is 1.23 bits per heavy atom. The molecule has 3 rings (SSSR count). The van der Waals surface area contributed by atoms with Gasteiger partial charge in [-0.2, -0.15) is 0 Å². The number of carbonyl (C=O) groups excluding carboxylic acids is 2. The van der Waals surface area contributed by atoms with Crippen molar-refractivity contribution in [2.75, 3.05) is 19.0 Å². The number of benzene rings is 2. The molecule has 7 heteroatoms. The standard InChI is InChI=1S/C19H18Cl2N2O3/c1-26-15-5-2-12(3-6-15)10-23-11-13(8-18(23)24)19(25)22-17-7-4-14(20)9-16(17)21/h2-7,9,13H,8,10-11H2,1H3,(H,22,25)/t13-/m1/s1. The van der Waals surface area contributed by atoms with Crippen LogP contribution >= 0.6 is 23.2 Å². The van der Waals surface area contributed by atoms with Crippen molar-refractivity contribution in [3.05, 3.63) is 58.1 Å². The van der Waals surface area contributed by atoms with Crippen LogP contribution in [0.4, 0.5) is 5.69 Å². The number of hydrogen-bond donors (Lipinski definition) is 1. The highest BCUT2D eigenvalue weighted by Crippen LogP contribution is 2.27. The lowest BCUT2D eigenvalue weighted by molar-refractivity contribution is -0.128. The molecule has 0 radical (unpaired) electrons. The molecule has 1 atom stereocenters. The molecule has 0 unspecified atom stereocenters. The third-order valence-electron chi connectivity index (χ3n) is 4.31. The van der Waals surface area contributed by atoms with Gasteiger partial charge in [-0.1, -0.05) is 35.3 Å². The Kier molecular flexibility index (Phi) is 5.69. The van der Waals surface area contributed by atoms with E-state index < -0.39 is 5.92 Å². The SMILES string of the molecule is COc1ccc(CN2C[C@H](C(=O)Nc3ccc(Cl)cc3Cl)CC2=O)cc1. The van der Waals surface area contributed by atoms with Crippen LogP contribution in [0.2, 0.25) is 10.0 Å². The van der Waals surface area contributed by atoms with Gasteiger partial charge in [0.2, 0.25) is 11.8 Å². The normalized spacial score (nSPS) is 16.7. The van der Waals surface area contributed by atoms with Gasteiger partial charge in [0.25, 0.3) is 0 Å². The van der Waals surface area contributed by atoms with Crippen LogP contribution < -0.4 is 10.1 Å². The quantitative estimate of drug-likeness (QED) is 0.836. The van der Waals surface area contributed by atoms with Crippen LogP contribution in [0.3, 0.4) is 0 Å². The molecule has 26 heavy (non-hydrogen) atoms. The molecule has 0 bridgehead atoms. The van der Waals surface area contributed by atoms with Gasteiger partial charge in [-0.05, 0) is 35.9 Å². The molecule has 1 aliphatic rings. The molecule has 0 spiro atoms. The lowest BCUT2D eigenvalue weighted by atomic mass is 10.1. The molecule has 0 aromatic heterocycles. The maximum absolute atomic E-state index is 12.5. The summed E-state index contributed by atoms with van der Waals surface area (Å²) < 4.78 is 5.13. The van der Waals surface area contributed by atoms with Crippen LogP contribution in [0.25, 0.3) is 0 Å². The number of hydrogen-bond acceptors (Lipinski definition) is 3. The van der Waals surface area contributed by atoms with Gasteiger partial charge in [0, 0.05) is 24.5 Å². The van der Waals surface area contributed by atoms with Crippen molar-refractivity contribution < 1.29 is 14.3 Å². The van der Waals surface area contributed by atoms with E-state index in [0.29, 0.717) is 28.8 Å². The van der Waals surface area contributed by atoms with Gasteiger partial charge in [-0.15, -0.1) is 0 Å². The van der Waals surface area contributed by atoms with Crippen molar-refractivity contribution in [2.24, 2.45) is 5.92 Å². The predicted molar refractivity (Wildman–Crippen MR) is 102 cm³/mol. The number of rotatable bonds is 5. The Bertz CT molecular complexity index is 824. The van der Waals surface area contributed by atoms with Crippen molar-refractivity contribution in [3.8, 4) is 5.75 Å². The first-order valence-electron chi connectivity index (χ1n) is 8.13. The first-order valence-corrected chi connectivity index (χ1v) is 8.88. The van der Waals surface area contributed by atoms with Gasteiger partial charge in [-0.25, -0.2) is 0 Å². The number of methoxy groups -OCH3 is 1. The summed E-state index contributed by atoms with van der Waals surface area (Å²) in [4.78, 5) is 26.4. The zero-order chi connectivity index (χ0) is 18.7. The second-order valence-corrected chi connectivity index (χ2v) is 6.98. The van der Waals surface area contributed by atoms with E-state index in [2.05, 4.69) is 5.32 Å². The maximum atomic E-state index is 12.5. The monoisotopic (exact) mass is 392 g/mol. The van der Waals surface area contributed by atoms with Gasteiger partial charge >= 0.3 is 0 Å². The third-order valence-corrected chi connectivity index (χ3v) is 4.85. The highest BCUT2D eigenvalue weighted by atomic mass is 35.5. The van der Waals surface area contributed by atoms with Crippen LogP contribution in [0.1, 0.15) is 12.0 Å². The van der Waals surface area contributed by atoms with Crippen molar-refractivity contribution in [1.82, 2.24) is 4.90 Å². The Morgan fingerprint density at radius 2 is 1.96 bits per heavy atom. The van der Waals surface area contributed by atoms with Crippen LogP contribution in [0, 0.1) is 5.92 Å². The molecule has 136 valence electrons. The van der Waals surface area contributed by atoms with Crippen molar-refractivity contribution in [1.29, 1.82) is 0 Å². The largest absolute Gasteiger partial charge is 0.497 e. The average Bonchev–Trinajstić information content (AvgIpc) is 2.99. The summed E-state index contributed by atoms with van der Waals surface area (Å²) in [5.74, 6) is 0.0917. The summed E-state index contributed by atoms with van der Waals surface area (Å²) in [6.45, 7) is 0.843. The minimum atomic E-state index is -0.410. The number of carbonyl (C=O) groups is 2. The second kappa shape index (κ2) is 7.98. The van der Waals surface area contributed by atoms with Gasteiger partial charge in [-0.3, -0.25) is 9.59 Å². The number of halogens is 2. The molecule has 2 aromatic rings. The van der Waals surface area contributed by atoms with E-state index >= 15 is 0 Å². The lowest BCUT2D eigenvalue weighted by Gasteiger charge is -2.17. The van der Waals surface area contributed by atoms with Gasteiger partial charge in [0.15, 0.2) is 0 Å². The molecule has 2 amide bonds. The van der Waals surface area contributed by atoms with E-state index in [4.69, 9.17) is 27.9 Å². The zero-order valence-electron chi connectivity index (χ0n) is 14.2. The molecule has 2 aromatic carbocycles. The number of nitrogens with zero attached hydrogens (tertiary/aromatic N) is 1. The predicted octanol–water partition coefficient (Wildman–Crippen LogP) is 3.99. The molecule has 0 saturated carbocycles. The van der Waals surface area contributed by atoms with Crippen LogP contribution in [0.15, 0.2) is 42.5 Å². The summed E-state index contributed by atoms with van der Waals surface area (Å²) in [6.07, 6.45) is 0.188. The first kappa shape index (κ1) is 18.5. The number of ether oxygens (including phenoxy) is 1. The molecular weight excluding hydrogens is 375 g/mol. The van der Waals surface area contributed by atoms with Crippen molar-refractivity contribution in [2.45, 2.75) is 13.0 Å². The molecule has 1 aliphatic heterocycles. The molecule has 5 nitrogen and oxygen atoms in total. The molecular formula is C19H18Cl2N2O3. The Labute approximate surface area is 161 Å². The van der Waals surface area contributed by atoms with Crippen LogP contribution in [-0.4, -0.2) is 30.4 Å². The minimum absolute atomic E-state index is 0.0387. The van der Waals surface area contributed by atoms with Crippen molar-refractivity contribution >= 4 is 40.7 Å². The number of amides is 2. The maximum Gasteiger partial charge on any atom is 0.229 e. The summed E-state index contributed by atoms with van der Waals surface area (Å²) in [5, 5.41) is 3.64. The summed E-state index contributed by atoms with van der Waals surface area (Å²) in [5.41, 5.74) is 1.48. The number of anilines is 1. The third kappa shape index (κ3) is 4.29. The molecule has 0 aliphatic carbocycles. The topological polar surface area (TPSA) is 58.6 Å². The van der Waals surface area contributed by atoms with E-state index in [1.54, 1.807) is 30.2 Å². The fourth-order valence-electron chi connectivity index (χ4n) is 2.88.